The molecule has 0 radical (unpaired) electrons. The van der Waals surface area contributed by atoms with E-state index in [0.29, 0.717) is 0 Å². The average Bonchev–Trinajstić information content (AvgIpc) is 2.85. The normalized spacial score (nSPS) is 10.1. The zero-order valence-electron chi connectivity index (χ0n) is 9.93. The maximum Gasteiger partial charge on any atom is 0.387 e. The Morgan fingerprint density at radius 3 is 2.90 bits per heavy atom. The van der Waals surface area contributed by atoms with Gasteiger partial charge >= 0.3 is 6.61 Å². The second kappa shape index (κ2) is 5.79. The highest BCUT2D eigenvalue weighted by atomic mass is 19.3. The van der Waals surface area contributed by atoms with E-state index in [9.17, 15) is 13.6 Å². The van der Waals surface area contributed by atoms with Crippen molar-refractivity contribution in [2.24, 2.45) is 0 Å². The third-order valence-corrected chi connectivity index (χ3v) is 2.35. The number of H-pyrrole nitrogens is 1. The number of aromatic nitrogens is 2. The Morgan fingerprint density at radius 2 is 2.20 bits per heavy atom. The van der Waals surface area contributed by atoms with Crippen LogP contribution in [0.5, 0.6) is 5.75 Å². The molecule has 6 nitrogen and oxygen atoms in total. The number of nitriles is 1. The number of nitrogens with one attached hydrogen (secondary N) is 2. The predicted molar refractivity (Wildman–Crippen MR) is 64.3 cm³/mol. The number of benzene rings is 1. The van der Waals surface area contributed by atoms with Crippen LogP contribution < -0.4 is 10.1 Å². The average molecular weight is 278 g/mol. The minimum Gasteiger partial charge on any atom is -0.434 e. The summed E-state index contributed by atoms with van der Waals surface area (Å²) < 4.78 is 28.8. The number of ether oxygens (including phenoxy) is 1. The summed E-state index contributed by atoms with van der Waals surface area (Å²) in [6.45, 7) is -3.04. The Balaban J connectivity index is 2.24. The molecule has 0 aliphatic carbocycles. The van der Waals surface area contributed by atoms with E-state index in [-0.39, 0.29) is 22.7 Å². The first-order valence-corrected chi connectivity index (χ1v) is 5.40. The van der Waals surface area contributed by atoms with E-state index in [1.165, 1.54) is 30.5 Å². The molecule has 1 aromatic carbocycles. The SMILES string of the molecule is N#Cc1cn[nH]c1NC(=O)c1ccccc1OC(F)F. The van der Waals surface area contributed by atoms with Crippen molar-refractivity contribution in [3.05, 3.63) is 41.6 Å². The van der Waals surface area contributed by atoms with Crippen LogP contribution in [-0.2, 0) is 0 Å². The predicted octanol–water partition coefficient (Wildman–Crippen LogP) is 2.14. The zero-order valence-corrected chi connectivity index (χ0v) is 9.93. The largest absolute Gasteiger partial charge is 0.434 e. The van der Waals surface area contributed by atoms with E-state index >= 15 is 0 Å². The maximum atomic E-state index is 12.2. The quantitative estimate of drug-likeness (QED) is 0.896. The first kappa shape index (κ1) is 13.5. The summed E-state index contributed by atoms with van der Waals surface area (Å²) in [5.41, 5.74) is 0.0527. The van der Waals surface area contributed by atoms with Crippen molar-refractivity contribution >= 4 is 11.7 Å². The second-order valence-electron chi connectivity index (χ2n) is 3.60. The van der Waals surface area contributed by atoms with Gasteiger partial charge in [0.25, 0.3) is 5.91 Å². The lowest BCUT2D eigenvalue weighted by Crippen LogP contribution is -2.15. The third-order valence-electron chi connectivity index (χ3n) is 2.35. The van der Waals surface area contributed by atoms with Crippen LogP contribution in [0.3, 0.4) is 0 Å². The highest BCUT2D eigenvalue weighted by molar-refractivity contribution is 6.06. The molecule has 1 heterocycles. The van der Waals surface area contributed by atoms with E-state index in [1.54, 1.807) is 0 Å². The van der Waals surface area contributed by atoms with Crippen LogP contribution in [0, 0.1) is 11.3 Å². The molecule has 1 amide bonds. The van der Waals surface area contributed by atoms with Crippen molar-refractivity contribution in [1.82, 2.24) is 10.2 Å². The second-order valence-corrected chi connectivity index (χ2v) is 3.60. The molecule has 20 heavy (non-hydrogen) atoms. The monoisotopic (exact) mass is 278 g/mol. The number of carbonyl (C=O) groups is 1. The van der Waals surface area contributed by atoms with Gasteiger partial charge in [0.05, 0.1) is 11.8 Å². The van der Waals surface area contributed by atoms with Crippen LogP contribution in [0.1, 0.15) is 15.9 Å². The summed E-state index contributed by atoms with van der Waals surface area (Å²) in [4.78, 5) is 12.0. The summed E-state index contributed by atoms with van der Waals surface area (Å²) in [6.07, 6.45) is 1.23. The Labute approximate surface area is 112 Å². The molecule has 0 aliphatic rings. The van der Waals surface area contributed by atoms with Gasteiger partial charge in [-0.2, -0.15) is 19.1 Å². The molecule has 2 aromatic rings. The van der Waals surface area contributed by atoms with Crippen molar-refractivity contribution < 1.29 is 18.3 Å². The lowest BCUT2D eigenvalue weighted by molar-refractivity contribution is -0.0501. The van der Waals surface area contributed by atoms with Crippen LogP contribution in [-0.4, -0.2) is 22.7 Å². The van der Waals surface area contributed by atoms with Gasteiger partial charge in [-0.15, -0.1) is 0 Å². The number of hydrogen-bond donors (Lipinski definition) is 2. The number of halogens is 2. The van der Waals surface area contributed by atoms with E-state index in [2.05, 4.69) is 20.3 Å². The molecular weight excluding hydrogens is 270 g/mol. The molecule has 2 N–H and O–H groups in total. The lowest BCUT2D eigenvalue weighted by atomic mass is 10.2. The fourth-order valence-corrected chi connectivity index (χ4v) is 1.50. The topological polar surface area (TPSA) is 90.8 Å². The Kier molecular flexibility index (Phi) is 3.91. The maximum absolute atomic E-state index is 12.2. The first-order valence-electron chi connectivity index (χ1n) is 5.40. The van der Waals surface area contributed by atoms with Gasteiger partial charge in [-0.05, 0) is 12.1 Å². The number of alkyl halides is 2. The third kappa shape index (κ3) is 2.89. The summed E-state index contributed by atoms with van der Waals surface area (Å²) >= 11 is 0. The number of para-hydroxylation sites is 1. The molecular formula is C12H8F2N4O2. The van der Waals surface area contributed by atoms with E-state index in [1.807, 2.05) is 6.07 Å². The van der Waals surface area contributed by atoms with Crippen LogP contribution >= 0.6 is 0 Å². The van der Waals surface area contributed by atoms with Gasteiger partial charge in [0, 0.05) is 0 Å². The van der Waals surface area contributed by atoms with Crippen molar-refractivity contribution in [3.8, 4) is 11.8 Å². The number of hydrogen-bond acceptors (Lipinski definition) is 4. The van der Waals surface area contributed by atoms with E-state index in [0.717, 1.165) is 0 Å². The highest BCUT2D eigenvalue weighted by Gasteiger charge is 2.17. The number of carbonyl (C=O) groups excluding carboxylic acids is 1. The molecule has 1 aromatic heterocycles. The number of anilines is 1. The summed E-state index contributed by atoms with van der Waals surface area (Å²) in [5.74, 6) is -0.857. The van der Waals surface area contributed by atoms with Crippen molar-refractivity contribution in [2.45, 2.75) is 6.61 Å². The molecule has 0 fully saturated rings. The smallest absolute Gasteiger partial charge is 0.387 e. The number of amides is 1. The Bertz CT molecular complexity index is 663. The minimum absolute atomic E-state index is 0.0775. The minimum atomic E-state index is -3.04. The van der Waals surface area contributed by atoms with Crippen LogP contribution in [0.15, 0.2) is 30.5 Å². The molecule has 0 unspecified atom stereocenters. The molecule has 0 aliphatic heterocycles. The highest BCUT2D eigenvalue weighted by Crippen LogP contribution is 2.21. The van der Waals surface area contributed by atoms with Gasteiger partial charge in [-0.1, -0.05) is 12.1 Å². The standard InChI is InChI=1S/C12H8F2N4O2/c13-12(14)20-9-4-2-1-3-8(9)11(19)17-10-7(5-15)6-16-18-10/h1-4,6,12H,(H2,16,17,18,19). The van der Waals surface area contributed by atoms with Crippen LogP contribution in [0.2, 0.25) is 0 Å². The molecule has 0 bridgehead atoms. The lowest BCUT2D eigenvalue weighted by Gasteiger charge is -2.10. The van der Waals surface area contributed by atoms with Gasteiger partial charge in [-0.3, -0.25) is 9.89 Å². The summed E-state index contributed by atoms with van der Waals surface area (Å²) in [7, 11) is 0. The molecule has 2 rings (SSSR count). The van der Waals surface area contributed by atoms with Gasteiger partial charge in [0.15, 0.2) is 0 Å². The van der Waals surface area contributed by atoms with Crippen molar-refractivity contribution in [3.63, 3.8) is 0 Å². The van der Waals surface area contributed by atoms with E-state index in [4.69, 9.17) is 5.26 Å². The molecule has 0 saturated heterocycles. The molecule has 0 spiro atoms. The fraction of sp³-hybridized carbons (Fsp3) is 0.0833. The Hall–Kier alpha value is -2.95. The number of aromatic amines is 1. The van der Waals surface area contributed by atoms with E-state index < -0.39 is 12.5 Å². The van der Waals surface area contributed by atoms with Crippen LogP contribution in [0.25, 0.3) is 0 Å². The fourth-order valence-electron chi connectivity index (χ4n) is 1.50. The van der Waals surface area contributed by atoms with Gasteiger partial charge in [-0.25, -0.2) is 0 Å². The molecule has 8 heteroatoms. The molecule has 0 atom stereocenters. The number of rotatable bonds is 4. The van der Waals surface area contributed by atoms with Crippen LogP contribution in [0.4, 0.5) is 14.6 Å². The summed E-state index contributed by atoms with van der Waals surface area (Å²) in [5, 5.41) is 17.2. The van der Waals surface area contributed by atoms with Gasteiger partial charge < -0.3 is 10.1 Å². The van der Waals surface area contributed by atoms with Crippen molar-refractivity contribution in [1.29, 1.82) is 5.26 Å². The first-order chi connectivity index (χ1) is 9.61. The zero-order chi connectivity index (χ0) is 14.5. The molecule has 0 saturated carbocycles. The Morgan fingerprint density at radius 1 is 1.45 bits per heavy atom. The van der Waals surface area contributed by atoms with Crippen molar-refractivity contribution in [2.75, 3.05) is 5.32 Å². The molecule has 102 valence electrons. The number of nitrogens with zero attached hydrogens (tertiary/aromatic N) is 2. The van der Waals surface area contributed by atoms with Gasteiger partial charge in [0.2, 0.25) is 0 Å². The summed E-state index contributed by atoms with van der Waals surface area (Å²) in [6, 6.07) is 7.37. The van der Waals surface area contributed by atoms with Gasteiger partial charge in [0.1, 0.15) is 23.2 Å².